The first-order chi connectivity index (χ1) is 21.8. The van der Waals surface area contributed by atoms with Crippen LogP contribution in [0.25, 0.3) is 83.3 Å². The Bertz CT molecular complexity index is 2430. The van der Waals surface area contributed by atoms with Crippen LogP contribution in [0, 0.1) is 0 Å². The largest absolute Gasteiger partial charge is 0.454 e. The van der Waals surface area contributed by atoms with Crippen molar-refractivity contribution in [2.24, 2.45) is 0 Å². The molecular weight excluding hydrogens is 538 g/mol. The van der Waals surface area contributed by atoms with E-state index in [2.05, 4.69) is 108 Å². The molecule has 0 saturated heterocycles. The van der Waals surface area contributed by atoms with Gasteiger partial charge in [0.1, 0.15) is 5.58 Å². The molecule has 0 amide bonds. The van der Waals surface area contributed by atoms with Crippen molar-refractivity contribution >= 4 is 43.7 Å². The molecule has 206 valence electrons. The quantitative estimate of drug-likeness (QED) is 0.214. The first kappa shape index (κ1) is 24.6. The summed E-state index contributed by atoms with van der Waals surface area (Å²) >= 11 is 0. The molecule has 0 aliphatic carbocycles. The van der Waals surface area contributed by atoms with Crippen LogP contribution in [0.4, 0.5) is 0 Å². The van der Waals surface area contributed by atoms with Gasteiger partial charge in [0.2, 0.25) is 0 Å². The average molecular weight is 564 g/mol. The zero-order chi connectivity index (χ0) is 29.0. The molecule has 3 heterocycles. The third kappa shape index (κ3) is 3.78. The standard InChI is InChI=1S/C40H25N3O/c1-3-13-26(14-4-1)32-25-33(42-40(41-32)27-15-5-2-6-16-27)30-20-12-22-35-38(30)31-18-7-9-21-34(31)43(35)36-23-11-19-29-28-17-8-10-24-37(28)44-39(29)36/h1-25H. The molecule has 9 aromatic rings. The summed E-state index contributed by atoms with van der Waals surface area (Å²) in [4.78, 5) is 10.2. The van der Waals surface area contributed by atoms with E-state index < -0.39 is 0 Å². The number of para-hydroxylation sites is 3. The number of fused-ring (bicyclic) bond motifs is 6. The number of hydrogen-bond donors (Lipinski definition) is 0. The molecule has 44 heavy (non-hydrogen) atoms. The lowest BCUT2D eigenvalue weighted by Gasteiger charge is -2.11. The molecule has 4 heteroatoms. The summed E-state index contributed by atoms with van der Waals surface area (Å²) in [6.45, 7) is 0. The van der Waals surface area contributed by atoms with Crippen LogP contribution in [0.1, 0.15) is 0 Å². The minimum Gasteiger partial charge on any atom is -0.454 e. The summed E-state index contributed by atoms with van der Waals surface area (Å²) in [6.07, 6.45) is 0. The van der Waals surface area contributed by atoms with E-state index in [1.807, 2.05) is 48.5 Å². The Labute approximate surface area is 253 Å². The van der Waals surface area contributed by atoms with Crippen LogP contribution >= 0.6 is 0 Å². The molecule has 3 aromatic heterocycles. The molecule has 0 atom stereocenters. The second-order valence-corrected chi connectivity index (χ2v) is 11.0. The van der Waals surface area contributed by atoms with E-state index in [4.69, 9.17) is 14.4 Å². The molecule has 0 radical (unpaired) electrons. The van der Waals surface area contributed by atoms with Gasteiger partial charge in [0.05, 0.1) is 28.1 Å². The number of benzene rings is 6. The predicted octanol–water partition coefficient (Wildman–Crippen LogP) is 10.5. The first-order valence-electron chi connectivity index (χ1n) is 14.8. The van der Waals surface area contributed by atoms with Gasteiger partial charge in [-0.05, 0) is 30.3 Å². The molecule has 0 spiro atoms. The van der Waals surface area contributed by atoms with Gasteiger partial charge in [0.15, 0.2) is 11.4 Å². The third-order valence-corrected chi connectivity index (χ3v) is 8.43. The average Bonchev–Trinajstić information content (AvgIpc) is 3.65. The summed E-state index contributed by atoms with van der Waals surface area (Å²) in [5, 5.41) is 4.53. The lowest BCUT2D eigenvalue weighted by molar-refractivity contribution is 0.666. The first-order valence-corrected chi connectivity index (χ1v) is 14.8. The van der Waals surface area contributed by atoms with Gasteiger partial charge >= 0.3 is 0 Å². The molecule has 6 aromatic carbocycles. The molecule has 0 unspecified atom stereocenters. The van der Waals surface area contributed by atoms with E-state index in [0.29, 0.717) is 5.82 Å². The molecule has 0 bridgehead atoms. The van der Waals surface area contributed by atoms with Crippen LogP contribution in [-0.2, 0) is 0 Å². The van der Waals surface area contributed by atoms with Crippen LogP contribution in [0.15, 0.2) is 156 Å². The van der Waals surface area contributed by atoms with E-state index >= 15 is 0 Å². The Morgan fingerprint density at radius 3 is 1.95 bits per heavy atom. The fourth-order valence-electron chi connectivity index (χ4n) is 6.46. The Balaban J connectivity index is 1.35. The number of rotatable bonds is 4. The van der Waals surface area contributed by atoms with Crippen molar-refractivity contribution in [2.75, 3.05) is 0 Å². The number of aromatic nitrogens is 3. The van der Waals surface area contributed by atoms with E-state index in [1.165, 1.54) is 0 Å². The van der Waals surface area contributed by atoms with Gasteiger partial charge in [-0.25, -0.2) is 9.97 Å². The summed E-state index contributed by atoms with van der Waals surface area (Å²) in [7, 11) is 0. The Morgan fingerprint density at radius 2 is 1.11 bits per heavy atom. The maximum absolute atomic E-state index is 6.51. The van der Waals surface area contributed by atoms with Gasteiger partial charge in [-0.3, -0.25) is 0 Å². The molecular formula is C40H25N3O. The lowest BCUT2D eigenvalue weighted by Crippen LogP contribution is -1.97. The zero-order valence-corrected chi connectivity index (χ0v) is 23.7. The molecule has 9 rings (SSSR count). The van der Waals surface area contributed by atoms with Gasteiger partial charge in [0.25, 0.3) is 0 Å². The van der Waals surface area contributed by atoms with Crippen LogP contribution in [-0.4, -0.2) is 14.5 Å². The minimum absolute atomic E-state index is 0.703. The van der Waals surface area contributed by atoms with E-state index in [-0.39, 0.29) is 0 Å². The van der Waals surface area contributed by atoms with Gasteiger partial charge in [-0.1, -0.05) is 121 Å². The fraction of sp³-hybridized carbons (Fsp3) is 0. The topological polar surface area (TPSA) is 43.9 Å². The summed E-state index contributed by atoms with van der Waals surface area (Å²) in [5.41, 5.74) is 9.86. The second-order valence-electron chi connectivity index (χ2n) is 11.0. The highest BCUT2D eigenvalue weighted by Crippen LogP contribution is 2.41. The predicted molar refractivity (Wildman–Crippen MR) is 180 cm³/mol. The van der Waals surface area contributed by atoms with Crippen molar-refractivity contribution in [1.29, 1.82) is 0 Å². The van der Waals surface area contributed by atoms with Gasteiger partial charge in [-0.2, -0.15) is 0 Å². The van der Waals surface area contributed by atoms with Gasteiger partial charge in [-0.15, -0.1) is 0 Å². The van der Waals surface area contributed by atoms with Crippen LogP contribution < -0.4 is 0 Å². The van der Waals surface area contributed by atoms with Crippen molar-refractivity contribution in [3.63, 3.8) is 0 Å². The maximum Gasteiger partial charge on any atom is 0.160 e. The van der Waals surface area contributed by atoms with E-state index in [0.717, 1.165) is 77.5 Å². The van der Waals surface area contributed by atoms with Crippen molar-refractivity contribution in [3.8, 4) is 39.6 Å². The van der Waals surface area contributed by atoms with Crippen molar-refractivity contribution < 1.29 is 4.42 Å². The van der Waals surface area contributed by atoms with Crippen molar-refractivity contribution in [3.05, 3.63) is 152 Å². The monoisotopic (exact) mass is 563 g/mol. The fourth-order valence-corrected chi connectivity index (χ4v) is 6.46. The van der Waals surface area contributed by atoms with Crippen LogP contribution in [0.2, 0.25) is 0 Å². The van der Waals surface area contributed by atoms with Crippen LogP contribution in [0.5, 0.6) is 0 Å². The highest BCUT2D eigenvalue weighted by Gasteiger charge is 2.20. The molecule has 0 saturated carbocycles. The summed E-state index contributed by atoms with van der Waals surface area (Å²) in [5.74, 6) is 0.703. The van der Waals surface area contributed by atoms with Gasteiger partial charge in [0, 0.05) is 38.2 Å². The van der Waals surface area contributed by atoms with E-state index in [1.54, 1.807) is 0 Å². The summed E-state index contributed by atoms with van der Waals surface area (Å²) in [6, 6.07) is 52.4. The Morgan fingerprint density at radius 1 is 0.477 bits per heavy atom. The molecule has 4 nitrogen and oxygen atoms in total. The highest BCUT2D eigenvalue weighted by atomic mass is 16.3. The number of furan rings is 1. The summed E-state index contributed by atoms with van der Waals surface area (Å²) < 4.78 is 8.84. The van der Waals surface area contributed by atoms with Crippen molar-refractivity contribution in [2.45, 2.75) is 0 Å². The van der Waals surface area contributed by atoms with Crippen LogP contribution in [0.3, 0.4) is 0 Å². The number of hydrogen-bond acceptors (Lipinski definition) is 3. The highest BCUT2D eigenvalue weighted by molar-refractivity contribution is 6.17. The molecule has 0 aliphatic heterocycles. The maximum atomic E-state index is 6.51. The SMILES string of the molecule is c1ccc(-c2cc(-c3cccc4c3c3ccccc3n4-c3cccc4c3oc3ccccc34)nc(-c3ccccc3)n2)cc1. The van der Waals surface area contributed by atoms with Crippen molar-refractivity contribution in [1.82, 2.24) is 14.5 Å². The van der Waals surface area contributed by atoms with E-state index in [9.17, 15) is 0 Å². The Hall–Kier alpha value is -6.00. The second kappa shape index (κ2) is 9.79. The Kier molecular flexibility index (Phi) is 5.47. The zero-order valence-electron chi connectivity index (χ0n) is 23.7. The third-order valence-electron chi connectivity index (χ3n) is 8.43. The smallest absolute Gasteiger partial charge is 0.160 e. The molecule has 0 N–H and O–H groups in total. The van der Waals surface area contributed by atoms with Gasteiger partial charge < -0.3 is 8.98 Å². The molecule has 0 fully saturated rings. The normalized spacial score (nSPS) is 11.6. The molecule has 0 aliphatic rings. The minimum atomic E-state index is 0.703. The number of nitrogens with zero attached hydrogens (tertiary/aromatic N) is 3. The lowest BCUT2D eigenvalue weighted by atomic mass is 10.0.